The predicted molar refractivity (Wildman–Crippen MR) is 79.5 cm³/mol. The van der Waals surface area contributed by atoms with Gasteiger partial charge in [-0.3, -0.25) is 4.68 Å². The van der Waals surface area contributed by atoms with Gasteiger partial charge < -0.3 is 10.1 Å². The van der Waals surface area contributed by atoms with Crippen molar-refractivity contribution in [3.63, 3.8) is 0 Å². The molecule has 9 heteroatoms. The molecule has 0 amide bonds. The fourth-order valence-corrected chi connectivity index (χ4v) is 2.31. The molecule has 0 atom stereocenters. The SMILES string of the molecule is COCCn1nc(C)c(CNc2ccc3nnnn3n2)c1C. The quantitative estimate of drug-likeness (QED) is 0.712. The molecule has 0 saturated carbocycles. The Morgan fingerprint density at radius 1 is 1.23 bits per heavy atom. The molecule has 0 saturated heterocycles. The van der Waals surface area contributed by atoms with Gasteiger partial charge in [-0.05, 0) is 36.4 Å². The lowest BCUT2D eigenvalue weighted by molar-refractivity contribution is 0.182. The molecule has 3 aromatic heterocycles. The standard InChI is InChI=1S/C13H18N8O/c1-9-11(10(2)20(16-9)6-7-22-3)8-14-12-4-5-13-15-18-19-21(13)17-12/h4-5H,6-8H2,1-3H3,(H,14,17). The van der Waals surface area contributed by atoms with Gasteiger partial charge in [-0.2, -0.15) is 5.10 Å². The molecule has 9 nitrogen and oxygen atoms in total. The van der Waals surface area contributed by atoms with Crippen molar-refractivity contribution in [2.45, 2.75) is 26.9 Å². The molecule has 0 radical (unpaired) electrons. The monoisotopic (exact) mass is 302 g/mol. The molecule has 0 aliphatic carbocycles. The van der Waals surface area contributed by atoms with Crippen molar-refractivity contribution < 1.29 is 4.74 Å². The van der Waals surface area contributed by atoms with Gasteiger partial charge in [-0.1, -0.05) is 0 Å². The number of methoxy groups -OCH3 is 1. The van der Waals surface area contributed by atoms with Gasteiger partial charge in [0.1, 0.15) is 5.82 Å². The maximum Gasteiger partial charge on any atom is 0.200 e. The highest BCUT2D eigenvalue weighted by Crippen LogP contribution is 2.15. The summed E-state index contributed by atoms with van der Waals surface area (Å²) in [4.78, 5) is 0. The summed E-state index contributed by atoms with van der Waals surface area (Å²) >= 11 is 0. The third-order valence-electron chi connectivity index (χ3n) is 3.55. The van der Waals surface area contributed by atoms with Crippen LogP contribution in [0.5, 0.6) is 0 Å². The number of hydrogen-bond acceptors (Lipinski definition) is 7. The summed E-state index contributed by atoms with van der Waals surface area (Å²) in [5.41, 5.74) is 3.91. The number of anilines is 1. The van der Waals surface area contributed by atoms with Crippen LogP contribution >= 0.6 is 0 Å². The van der Waals surface area contributed by atoms with E-state index in [0.29, 0.717) is 24.6 Å². The number of nitrogens with one attached hydrogen (secondary N) is 1. The zero-order chi connectivity index (χ0) is 15.5. The van der Waals surface area contributed by atoms with Gasteiger partial charge in [-0.15, -0.1) is 14.8 Å². The molecular weight excluding hydrogens is 284 g/mol. The maximum atomic E-state index is 5.10. The van der Waals surface area contributed by atoms with E-state index in [1.807, 2.05) is 23.7 Å². The number of nitrogens with zero attached hydrogens (tertiary/aromatic N) is 7. The van der Waals surface area contributed by atoms with Crippen LogP contribution in [0, 0.1) is 13.8 Å². The number of aryl methyl sites for hydroxylation is 1. The first-order valence-electron chi connectivity index (χ1n) is 7.00. The summed E-state index contributed by atoms with van der Waals surface area (Å²) in [6.07, 6.45) is 0. The highest BCUT2D eigenvalue weighted by Gasteiger charge is 2.11. The molecule has 0 aromatic carbocycles. The molecule has 0 unspecified atom stereocenters. The van der Waals surface area contributed by atoms with E-state index in [9.17, 15) is 0 Å². The van der Waals surface area contributed by atoms with Gasteiger partial charge in [0.15, 0.2) is 5.65 Å². The first-order valence-corrected chi connectivity index (χ1v) is 7.00. The molecular formula is C13H18N8O. The van der Waals surface area contributed by atoms with Crippen LogP contribution in [0.1, 0.15) is 17.0 Å². The summed E-state index contributed by atoms with van der Waals surface area (Å²) in [5, 5.41) is 23.3. The lowest BCUT2D eigenvalue weighted by atomic mass is 10.2. The average Bonchev–Trinajstić information content (AvgIpc) is 3.08. The molecule has 1 N–H and O–H groups in total. The van der Waals surface area contributed by atoms with Crippen molar-refractivity contribution in [1.29, 1.82) is 0 Å². The Morgan fingerprint density at radius 3 is 2.91 bits per heavy atom. The van der Waals surface area contributed by atoms with Crippen LogP contribution in [0.25, 0.3) is 5.65 Å². The normalized spacial score (nSPS) is 11.2. The average molecular weight is 302 g/mol. The van der Waals surface area contributed by atoms with E-state index >= 15 is 0 Å². The summed E-state index contributed by atoms with van der Waals surface area (Å²) in [6.45, 7) is 6.10. The van der Waals surface area contributed by atoms with E-state index in [0.717, 1.165) is 23.5 Å². The largest absolute Gasteiger partial charge is 0.383 e. The van der Waals surface area contributed by atoms with Crippen LogP contribution in [0.4, 0.5) is 5.82 Å². The second-order valence-electron chi connectivity index (χ2n) is 4.96. The minimum Gasteiger partial charge on any atom is -0.383 e. The Kier molecular flexibility index (Phi) is 3.96. The van der Waals surface area contributed by atoms with Crippen molar-refractivity contribution in [1.82, 2.24) is 35.0 Å². The van der Waals surface area contributed by atoms with E-state index in [2.05, 4.69) is 38.0 Å². The highest BCUT2D eigenvalue weighted by molar-refractivity contribution is 5.43. The minimum absolute atomic E-state index is 0.616. The van der Waals surface area contributed by atoms with Crippen molar-refractivity contribution in [2.24, 2.45) is 0 Å². The van der Waals surface area contributed by atoms with Gasteiger partial charge in [0.05, 0.1) is 18.8 Å². The van der Waals surface area contributed by atoms with Crippen LogP contribution in [0.3, 0.4) is 0 Å². The molecule has 0 spiro atoms. The lowest BCUT2D eigenvalue weighted by Crippen LogP contribution is -2.09. The van der Waals surface area contributed by atoms with E-state index < -0.39 is 0 Å². The summed E-state index contributed by atoms with van der Waals surface area (Å²) in [6, 6.07) is 3.67. The molecule has 116 valence electrons. The van der Waals surface area contributed by atoms with E-state index in [1.54, 1.807) is 7.11 Å². The van der Waals surface area contributed by atoms with Crippen molar-refractivity contribution in [3.05, 3.63) is 29.1 Å². The van der Waals surface area contributed by atoms with Crippen molar-refractivity contribution in [3.8, 4) is 0 Å². The molecule has 22 heavy (non-hydrogen) atoms. The number of hydrogen-bond donors (Lipinski definition) is 1. The lowest BCUT2D eigenvalue weighted by Gasteiger charge is -2.07. The van der Waals surface area contributed by atoms with Crippen molar-refractivity contribution in [2.75, 3.05) is 19.0 Å². The smallest absolute Gasteiger partial charge is 0.200 e. The molecule has 0 aliphatic heterocycles. The summed E-state index contributed by atoms with van der Waals surface area (Å²) in [7, 11) is 1.69. The predicted octanol–water partition coefficient (Wildman–Crippen LogP) is 0.591. The van der Waals surface area contributed by atoms with Crippen molar-refractivity contribution >= 4 is 11.5 Å². The van der Waals surface area contributed by atoms with Crippen LogP contribution in [-0.4, -0.2) is 48.8 Å². The molecule has 0 fully saturated rings. The number of ether oxygens (including phenoxy) is 1. The Bertz CT molecular complexity index is 778. The summed E-state index contributed by atoms with van der Waals surface area (Å²) < 4.78 is 8.46. The Labute approximate surface area is 127 Å². The molecule has 3 heterocycles. The topological polar surface area (TPSA) is 95.0 Å². The number of rotatable bonds is 6. The summed E-state index contributed by atoms with van der Waals surface area (Å²) in [5.74, 6) is 0.711. The number of fused-ring (bicyclic) bond motifs is 1. The fourth-order valence-electron chi connectivity index (χ4n) is 2.31. The maximum absolute atomic E-state index is 5.10. The molecule has 0 aliphatic rings. The number of aromatic nitrogens is 7. The Morgan fingerprint density at radius 2 is 2.09 bits per heavy atom. The van der Waals surface area contributed by atoms with Gasteiger partial charge in [-0.25, -0.2) is 0 Å². The van der Waals surface area contributed by atoms with E-state index in [-0.39, 0.29) is 0 Å². The first kappa shape index (κ1) is 14.4. The van der Waals surface area contributed by atoms with Gasteiger partial charge in [0.25, 0.3) is 0 Å². The van der Waals surface area contributed by atoms with E-state index in [4.69, 9.17) is 4.74 Å². The second-order valence-corrected chi connectivity index (χ2v) is 4.96. The van der Waals surface area contributed by atoms with Crippen LogP contribution in [0.15, 0.2) is 12.1 Å². The fraction of sp³-hybridized carbons (Fsp3) is 0.462. The van der Waals surface area contributed by atoms with Gasteiger partial charge >= 0.3 is 0 Å². The Hall–Kier alpha value is -2.55. The van der Waals surface area contributed by atoms with Gasteiger partial charge in [0.2, 0.25) is 0 Å². The van der Waals surface area contributed by atoms with Crippen LogP contribution in [-0.2, 0) is 17.8 Å². The molecule has 0 bridgehead atoms. The van der Waals surface area contributed by atoms with E-state index in [1.165, 1.54) is 4.63 Å². The van der Waals surface area contributed by atoms with Crippen LogP contribution in [0.2, 0.25) is 0 Å². The zero-order valence-corrected chi connectivity index (χ0v) is 12.8. The third kappa shape index (κ3) is 2.75. The minimum atomic E-state index is 0.616. The van der Waals surface area contributed by atoms with Gasteiger partial charge in [0, 0.05) is 24.9 Å². The highest BCUT2D eigenvalue weighted by atomic mass is 16.5. The first-order chi connectivity index (χ1) is 10.7. The molecule has 3 rings (SSSR count). The number of tetrazole rings is 1. The third-order valence-corrected chi connectivity index (χ3v) is 3.55. The second kappa shape index (κ2) is 6.06. The zero-order valence-electron chi connectivity index (χ0n) is 12.8. The molecule has 3 aromatic rings. The van der Waals surface area contributed by atoms with Crippen LogP contribution < -0.4 is 5.32 Å². The Balaban J connectivity index is 1.74.